The molecule has 12 heteroatoms. The molecule has 18 rings (SSSR count). The van der Waals surface area contributed by atoms with Gasteiger partial charge in [0.1, 0.15) is 33.6 Å². The predicted octanol–water partition coefficient (Wildman–Crippen LogP) is 29.5. The summed E-state index contributed by atoms with van der Waals surface area (Å²) >= 11 is 0. The molecule has 6 saturated carbocycles. The summed E-state index contributed by atoms with van der Waals surface area (Å²) in [4.78, 5) is 72.2. The monoisotopic (exact) mass is 1720 g/mol. The van der Waals surface area contributed by atoms with E-state index in [1.165, 1.54) is 83.0 Å². The maximum absolute atomic E-state index is 12.3. The van der Waals surface area contributed by atoms with E-state index in [-0.39, 0.29) is 35.8 Å². The first-order valence-electron chi connectivity index (χ1n) is 46.3. The average molecular weight is 1720 g/mol. The van der Waals surface area contributed by atoms with Gasteiger partial charge in [0.2, 0.25) is 0 Å². The van der Waals surface area contributed by atoms with Crippen LogP contribution in [0.4, 0.5) is 0 Å². The lowest BCUT2D eigenvalue weighted by Gasteiger charge is -2.37. The molecule has 6 aliphatic carbocycles. The van der Waals surface area contributed by atoms with Crippen LogP contribution in [0, 0.1) is 6.92 Å². The van der Waals surface area contributed by atoms with Gasteiger partial charge < -0.3 is 28.4 Å². The lowest BCUT2D eigenvalue weighted by Crippen LogP contribution is -2.35. The fourth-order valence-electron chi connectivity index (χ4n) is 19.3. The summed E-state index contributed by atoms with van der Waals surface area (Å²) in [7, 11) is 0. The Kier molecular flexibility index (Phi) is 30.7. The topological polar surface area (TPSA) is 158 Å². The molecule has 0 aromatic heterocycles. The smallest absolute Gasteiger partial charge is 0.333 e. The van der Waals surface area contributed by atoms with E-state index in [9.17, 15) is 28.8 Å². The van der Waals surface area contributed by atoms with Crippen LogP contribution in [0.3, 0.4) is 0 Å². The Morgan fingerprint density at radius 1 is 0.194 bits per heavy atom. The van der Waals surface area contributed by atoms with E-state index in [1.54, 1.807) is 41.5 Å². The zero-order chi connectivity index (χ0) is 91.5. The van der Waals surface area contributed by atoms with Crippen LogP contribution in [0.2, 0.25) is 0 Å². The standard InChI is InChI=1S/C24H24O2.C23H22O2.C20H22O2.C19H20O2.C16H20O2.C15H18O2/c1-17(2)23(25)26-24(12-6-3-7-13-24)22-11-10-20-14-18-8-4-5-9-19(18)15-21(20)16-22;1-16(2)22(24)25-23(11-5-6-12-23)21-10-9-19-13-17-7-3-4-8-18(17)14-20(19)15-21;1-15(2)19(21)22-20(12-6-3-7-13-20)18-11-10-16-8-4-5-9-17(16)14-18;1-14(2)18(20)21-19(11-5-6-12-19)17-10-9-15-7-3-4-8-16(15)13-17;1-12(2)15(17)18-16(10-4-5-11-16)14-8-6-13(3)7-9-14;1-12(2)14(16)17-15(10-6-7-11-15)13-8-4-3-5-9-13/h4-5,8-11,14-16H,1,3,6-7,12-13H2,2H3;3-4,7-10,13-15H,1,5-6,11-12H2,2H3;4-5,8-11,14H,1,3,6-7,12-13H2,2H3;3-4,7-10,13H,1,5-6,11-12H2,2H3;6-9H,1,4-5,10-11H2,2-3H3;3-5,8-9H,1,6-7,10-11H2,2H3. The van der Waals surface area contributed by atoms with Crippen LogP contribution in [0.15, 0.2) is 322 Å². The number of benzene rings is 12. The SMILES string of the molecule is C=C(C)C(=O)OC1(c2ccc(C)cc2)CCCC1.C=C(C)C(=O)OC1(c2ccc3cc4ccccc4cc3c2)CCCC1.C=C(C)C(=O)OC1(c2ccc3cc4ccccc4cc3c2)CCCCC1.C=C(C)C(=O)OC1(c2ccc3ccccc3c2)CCCC1.C=C(C)C(=O)OC1(c2ccc3ccccc3c2)CCCCC1.C=C(C)C(=O)OC1(c2ccccc2)CCCC1. The third-order valence-corrected chi connectivity index (χ3v) is 26.7. The molecule has 0 radical (unpaired) electrons. The fourth-order valence-corrected chi connectivity index (χ4v) is 19.3. The zero-order valence-electron chi connectivity index (χ0n) is 76.7. The molecule has 0 atom stereocenters. The Morgan fingerprint density at radius 3 is 0.612 bits per heavy atom. The van der Waals surface area contributed by atoms with E-state index in [0.29, 0.717) is 33.4 Å². The molecule has 6 aliphatic rings. The highest BCUT2D eigenvalue weighted by atomic mass is 16.6. The molecule has 12 aromatic carbocycles. The van der Waals surface area contributed by atoms with E-state index in [1.807, 2.05) is 54.6 Å². The highest BCUT2D eigenvalue weighted by molar-refractivity contribution is 6.00. The second-order valence-corrected chi connectivity index (χ2v) is 36.8. The quantitative estimate of drug-likeness (QED) is 0.0347. The van der Waals surface area contributed by atoms with Crippen LogP contribution in [-0.2, 0) is 90.8 Å². The van der Waals surface area contributed by atoms with Crippen LogP contribution in [0.25, 0.3) is 64.6 Å². The van der Waals surface area contributed by atoms with Gasteiger partial charge in [0.15, 0.2) is 0 Å². The third-order valence-electron chi connectivity index (χ3n) is 26.7. The Balaban J connectivity index is 0.000000133. The van der Waals surface area contributed by atoms with E-state index in [4.69, 9.17) is 28.4 Å². The van der Waals surface area contributed by atoms with Crippen LogP contribution in [-0.4, -0.2) is 35.8 Å². The van der Waals surface area contributed by atoms with Crippen molar-refractivity contribution in [1.82, 2.24) is 0 Å². The van der Waals surface area contributed by atoms with Gasteiger partial charge in [0, 0.05) is 33.4 Å². The summed E-state index contributed by atoms with van der Waals surface area (Å²) in [6, 6.07) is 86.3. The molecular formula is C117H126O12. The molecule has 12 aromatic rings. The second-order valence-electron chi connectivity index (χ2n) is 36.8. The first kappa shape index (κ1) is 94.1. The minimum atomic E-state index is -0.520. The van der Waals surface area contributed by atoms with E-state index in [0.717, 1.165) is 187 Å². The van der Waals surface area contributed by atoms with E-state index >= 15 is 0 Å². The van der Waals surface area contributed by atoms with E-state index in [2.05, 4.69) is 241 Å². The molecule has 0 aliphatic heterocycles. The van der Waals surface area contributed by atoms with Gasteiger partial charge in [0.05, 0.1) is 0 Å². The van der Waals surface area contributed by atoms with E-state index < -0.39 is 33.6 Å². The molecule has 666 valence electrons. The van der Waals surface area contributed by atoms with Gasteiger partial charge in [-0.25, -0.2) is 28.8 Å². The van der Waals surface area contributed by atoms with Crippen LogP contribution < -0.4 is 0 Å². The largest absolute Gasteiger partial charge is 0.451 e. The highest BCUT2D eigenvalue weighted by Crippen LogP contribution is 2.49. The summed E-state index contributed by atoms with van der Waals surface area (Å²) in [6.45, 7) is 34.5. The summed E-state index contributed by atoms with van der Waals surface area (Å²) in [5, 5.41) is 14.5. The summed E-state index contributed by atoms with van der Waals surface area (Å²) in [5.74, 6) is -1.71. The second kappa shape index (κ2) is 42.1. The number of aryl methyl sites for hydroxylation is 1. The predicted molar refractivity (Wildman–Crippen MR) is 524 cm³/mol. The van der Waals surface area contributed by atoms with Crippen LogP contribution >= 0.6 is 0 Å². The van der Waals surface area contributed by atoms with Crippen molar-refractivity contribution in [2.24, 2.45) is 0 Å². The fraction of sp³-hybridized carbons (Fsp3) is 0.333. The maximum atomic E-state index is 12.3. The van der Waals surface area contributed by atoms with Crippen LogP contribution in [0.5, 0.6) is 0 Å². The molecule has 0 heterocycles. The maximum Gasteiger partial charge on any atom is 0.333 e. The van der Waals surface area contributed by atoms with Crippen molar-refractivity contribution < 1.29 is 57.2 Å². The number of rotatable bonds is 18. The van der Waals surface area contributed by atoms with Crippen molar-refractivity contribution in [3.05, 3.63) is 361 Å². The first-order chi connectivity index (χ1) is 62.0. The number of hydrogen-bond acceptors (Lipinski definition) is 12. The van der Waals surface area contributed by atoms with Crippen molar-refractivity contribution in [2.75, 3.05) is 0 Å². The van der Waals surface area contributed by atoms with Gasteiger partial charge in [-0.15, -0.1) is 0 Å². The third kappa shape index (κ3) is 22.8. The Bertz CT molecular complexity index is 6140. The summed E-state index contributed by atoms with van der Waals surface area (Å²) in [5.41, 5.74) is 7.80. The van der Waals surface area contributed by atoms with Gasteiger partial charge in [-0.1, -0.05) is 258 Å². The van der Waals surface area contributed by atoms with Crippen LogP contribution in [0.1, 0.15) is 247 Å². The molecular weight excluding hydrogens is 1600 g/mol. The molecule has 0 bridgehead atoms. The number of carbonyl (C=O) groups excluding carboxylic acids is 6. The summed E-state index contributed by atoms with van der Waals surface area (Å²) < 4.78 is 35.2. The summed E-state index contributed by atoms with van der Waals surface area (Å²) in [6.07, 6.45) is 26.3. The molecule has 0 unspecified atom stereocenters. The Labute approximate surface area is 762 Å². The highest BCUT2D eigenvalue weighted by Gasteiger charge is 2.45. The molecule has 0 amide bonds. The van der Waals surface area contributed by atoms with Crippen molar-refractivity contribution in [1.29, 1.82) is 0 Å². The van der Waals surface area contributed by atoms with Crippen molar-refractivity contribution in [3.63, 3.8) is 0 Å². The van der Waals surface area contributed by atoms with Crippen molar-refractivity contribution in [3.8, 4) is 0 Å². The Morgan fingerprint density at radius 2 is 0.364 bits per heavy atom. The first-order valence-corrected chi connectivity index (χ1v) is 46.3. The van der Waals surface area contributed by atoms with Gasteiger partial charge in [0.25, 0.3) is 0 Å². The van der Waals surface area contributed by atoms with Gasteiger partial charge in [-0.3, -0.25) is 0 Å². The lowest BCUT2D eigenvalue weighted by molar-refractivity contribution is -0.161. The molecule has 0 N–H and O–H groups in total. The molecule has 12 nitrogen and oxygen atoms in total. The van der Waals surface area contributed by atoms with Gasteiger partial charge in [-0.05, 0) is 349 Å². The van der Waals surface area contributed by atoms with Crippen molar-refractivity contribution in [2.45, 2.75) is 249 Å². The molecule has 0 spiro atoms. The number of carbonyl (C=O) groups is 6. The number of ether oxygens (including phenoxy) is 6. The lowest BCUT2D eigenvalue weighted by atomic mass is 9.78. The number of esters is 6. The zero-order valence-corrected chi connectivity index (χ0v) is 76.7. The van der Waals surface area contributed by atoms with Gasteiger partial charge in [-0.2, -0.15) is 0 Å². The minimum absolute atomic E-state index is 0.280. The minimum Gasteiger partial charge on any atom is -0.451 e. The van der Waals surface area contributed by atoms with Gasteiger partial charge >= 0.3 is 35.8 Å². The Hall–Kier alpha value is -12.5. The average Bonchev–Trinajstić information content (AvgIpc) is 1.43. The van der Waals surface area contributed by atoms with Crippen molar-refractivity contribution >= 4 is 100 Å². The molecule has 129 heavy (non-hydrogen) atoms. The molecule has 0 saturated heterocycles. The molecule has 6 fully saturated rings. The number of fused-ring (bicyclic) bond motifs is 6. The number of hydrogen-bond donors (Lipinski definition) is 0. The normalized spacial score (nSPS) is 16.9.